The van der Waals surface area contributed by atoms with E-state index in [1.165, 1.54) is 16.3 Å². The van der Waals surface area contributed by atoms with Gasteiger partial charge in [0.1, 0.15) is 0 Å². The van der Waals surface area contributed by atoms with E-state index in [-0.39, 0.29) is 5.56 Å². The summed E-state index contributed by atoms with van der Waals surface area (Å²) in [5.41, 5.74) is 1.94. The van der Waals surface area contributed by atoms with Crippen LogP contribution < -0.4 is 5.56 Å². The second-order valence-corrected chi connectivity index (χ2v) is 5.40. The quantitative estimate of drug-likeness (QED) is 0.611. The topological polar surface area (TPSA) is 45.8 Å². The Morgan fingerprint density at radius 3 is 2.41 bits per heavy atom. The van der Waals surface area contributed by atoms with Crippen molar-refractivity contribution in [1.29, 1.82) is 0 Å². The number of aromatic amines is 1. The van der Waals surface area contributed by atoms with Gasteiger partial charge >= 0.3 is 0 Å². The molecule has 0 unspecified atom stereocenters. The van der Waals surface area contributed by atoms with Gasteiger partial charge in [0.2, 0.25) is 0 Å². The third-order valence-corrected chi connectivity index (χ3v) is 3.96. The van der Waals surface area contributed by atoms with Gasteiger partial charge in [-0.15, -0.1) is 0 Å². The monoisotopic (exact) mass is 286 g/mol. The molecule has 3 nitrogen and oxygen atoms in total. The molecule has 0 bridgehead atoms. The van der Waals surface area contributed by atoms with Gasteiger partial charge in [0.15, 0.2) is 0 Å². The van der Waals surface area contributed by atoms with Crippen LogP contribution in [0.4, 0.5) is 0 Å². The van der Waals surface area contributed by atoms with Crippen LogP contribution in [0, 0.1) is 0 Å². The molecule has 1 aromatic heterocycles. The Bertz CT molecular complexity index is 1030. The predicted octanol–water partition coefficient (Wildman–Crippen LogP) is 3.67. The van der Waals surface area contributed by atoms with Crippen LogP contribution in [0.25, 0.3) is 21.5 Å². The van der Waals surface area contributed by atoms with Gasteiger partial charge in [-0.1, -0.05) is 60.7 Å². The Hall–Kier alpha value is -2.94. The number of benzene rings is 3. The summed E-state index contributed by atoms with van der Waals surface area (Å²) in [6, 6.07) is 22.3. The lowest BCUT2D eigenvalue weighted by Crippen LogP contribution is -2.11. The van der Waals surface area contributed by atoms with Gasteiger partial charge in [0.05, 0.1) is 11.1 Å². The highest BCUT2D eigenvalue weighted by Crippen LogP contribution is 2.20. The normalized spacial score (nSPS) is 11.1. The number of nitrogens with zero attached hydrogens (tertiary/aromatic N) is 1. The second kappa shape index (κ2) is 5.11. The van der Waals surface area contributed by atoms with E-state index in [1.807, 2.05) is 36.4 Å². The first kappa shape index (κ1) is 12.8. The highest BCUT2D eigenvalue weighted by Gasteiger charge is 2.07. The largest absolute Gasteiger partial charge is 0.272 e. The maximum absolute atomic E-state index is 11.8. The van der Waals surface area contributed by atoms with Crippen molar-refractivity contribution < 1.29 is 0 Å². The van der Waals surface area contributed by atoms with Crippen LogP contribution in [0.15, 0.2) is 71.5 Å². The molecule has 0 saturated heterocycles. The summed E-state index contributed by atoms with van der Waals surface area (Å²) in [5, 5.41) is 10.9. The molecular formula is C19H14N2O. The number of hydrogen-bond acceptors (Lipinski definition) is 2. The molecule has 0 spiro atoms. The Kier molecular flexibility index (Phi) is 2.97. The zero-order valence-electron chi connectivity index (χ0n) is 11.9. The fraction of sp³-hybridized carbons (Fsp3) is 0.0526. The van der Waals surface area contributed by atoms with E-state index in [1.54, 1.807) is 0 Å². The number of H-pyrrole nitrogens is 1. The van der Waals surface area contributed by atoms with Crippen molar-refractivity contribution >= 4 is 21.5 Å². The first-order chi connectivity index (χ1) is 10.8. The minimum absolute atomic E-state index is 0.141. The second-order valence-electron chi connectivity index (χ2n) is 5.40. The zero-order chi connectivity index (χ0) is 14.9. The number of fused-ring (bicyclic) bond motifs is 2. The summed E-state index contributed by atoms with van der Waals surface area (Å²) in [5.74, 6) is 0. The summed E-state index contributed by atoms with van der Waals surface area (Å²) in [4.78, 5) is 11.8. The average Bonchev–Trinajstić information content (AvgIpc) is 2.58. The molecule has 0 aliphatic rings. The number of rotatable bonds is 2. The molecule has 0 radical (unpaired) electrons. The molecule has 0 fully saturated rings. The van der Waals surface area contributed by atoms with Gasteiger partial charge in [0, 0.05) is 11.8 Å². The van der Waals surface area contributed by atoms with Gasteiger partial charge < -0.3 is 0 Å². The van der Waals surface area contributed by atoms with Crippen molar-refractivity contribution in [3.05, 3.63) is 88.3 Å². The van der Waals surface area contributed by atoms with Crippen LogP contribution in [-0.4, -0.2) is 10.2 Å². The predicted molar refractivity (Wildman–Crippen MR) is 89.1 cm³/mol. The Morgan fingerprint density at radius 1 is 0.818 bits per heavy atom. The summed E-state index contributed by atoms with van der Waals surface area (Å²) in [6.07, 6.45) is 0.697. The van der Waals surface area contributed by atoms with Crippen molar-refractivity contribution in [1.82, 2.24) is 10.2 Å². The first-order valence-electron chi connectivity index (χ1n) is 7.25. The molecule has 3 aromatic carbocycles. The van der Waals surface area contributed by atoms with Gasteiger partial charge in [-0.05, 0) is 22.4 Å². The zero-order valence-corrected chi connectivity index (χ0v) is 11.9. The molecule has 0 aliphatic carbocycles. The Balaban J connectivity index is 1.82. The maximum atomic E-state index is 11.8. The number of aromatic nitrogens is 2. The van der Waals surface area contributed by atoms with Crippen LogP contribution in [0.1, 0.15) is 11.3 Å². The molecule has 106 valence electrons. The van der Waals surface area contributed by atoms with Crippen molar-refractivity contribution in [2.45, 2.75) is 6.42 Å². The Labute approximate surface area is 127 Å². The first-order valence-corrected chi connectivity index (χ1v) is 7.25. The lowest BCUT2D eigenvalue weighted by atomic mass is 10.0. The average molecular weight is 286 g/mol. The number of hydrogen-bond donors (Lipinski definition) is 1. The standard InChI is InChI=1S/C19H14N2O/c22-19-17-8-4-3-7-16(17)18(20-21-19)12-13-9-10-14-5-1-2-6-15(14)11-13/h1-11H,12H2,(H,21,22). The molecule has 3 heteroatoms. The van der Waals surface area contributed by atoms with Crippen molar-refractivity contribution in [2.24, 2.45) is 0 Å². The molecule has 22 heavy (non-hydrogen) atoms. The van der Waals surface area contributed by atoms with Gasteiger partial charge in [-0.2, -0.15) is 5.10 Å². The minimum atomic E-state index is -0.141. The summed E-state index contributed by atoms with van der Waals surface area (Å²) in [6.45, 7) is 0. The Morgan fingerprint density at radius 2 is 1.55 bits per heavy atom. The molecule has 1 N–H and O–H groups in total. The minimum Gasteiger partial charge on any atom is -0.267 e. The number of nitrogens with one attached hydrogen (secondary N) is 1. The van der Waals surface area contributed by atoms with E-state index in [9.17, 15) is 4.79 Å². The van der Waals surface area contributed by atoms with Crippen LogP contribution in [0.3, 0.4) is 0 Å². The third-order valence-electron chi connectivity index (χ3n) is 3.96. The molecule has 0 aliphatic heterocycles. The SMILES string of the molecule is O=c1[nH]nc(Cc2ccc3ccccc3c2)c2ccccc12. The summed E-state index contributed by atoms with van der Waals surface area (Å²) < 4.78 is 0. The molecular weight excluding hydrogens is 272 g/mol. The van der Waals surface area contributed by atoms with E-state index in [4.69, 9.17) is 0 Å². The van der Waals surface area contributed by atoms with E-state index in [0.29, 0.717) is 11.8 Å². The van der Waals surface area contributed by atoms with Gasteiger partial charge in [-0.25, -0.2) is 5.10 Å². The fourth-order valence-corrected chi connectivity index (χ4v) is 2.85. The molecule has 0 atom stereocenters. The summed E-state index contributed by atoms with van der Waals surface area (Å²) in [7, 11) is 0. The smallest absolute Gasteiger partial charge is 0.267 e. The maximum Gasteiger partial charge on any atom is 0.272 e. The van der Waals surface area contributed by atoms with Crippen LogP contribution in [0.2, 0.25) is 0 Å². The molecule has 4 rings (SSSR count). The van der Waals surface area contributed by atoms with E-state index in [0.717, 1.165) is 11.1 Å². The molecule has 4 aromatic rings. The lowest BCUT2D eigenvalue weighted by molar-refractivity contribution is 0.935. The highest BCUT2D eigenvalue weighted by molar-refractivity contribution is 5.85. The van der Waals surface area contributed by atoms with Crippen LogP contribution in [0.5, 0.6) is 0 Å². The van der Waals surface area contributed by atoms with Crippen molar-refractivity contribution in [3.63, 3.8) is 0 Å². The molecule has 1 heterocycles. The van der Waals surface area contributed by atoms with Gasteiger partial charge in [0.25, 0.3) is 5.56 Å². The van der Waals surface area contributed by atoms with Crippen LogP contribution >= 0.6 is 0 Å². The molecule has 0 saturated carbocycles. The fourth-order valence-electron chi connectivity index (χ4n) is 2.85. The molecule has 0 amide bonds. The van der Waals surface area contributed by atoms with Crippen LogP contribution in [-0.2, 0) is 6.42 Å². The van der Waals surface area contributed by atoms with Gasteiger partial charge in [-0.3, -0.25) is 4.79 Å². The van der Waals surface area contributed by atoms with Crippen molar-refractivity contribution in [3.8, 4) is 0 Å². The third kappa shape index (κ3) is 2.17. The van der Waals surface area contributed by atoms with Crippen molar-refractivity contribution in [2.75, 3.05) is 0 Å². The van der Waals surface area contributed by atoms with E-state index < -0.39 is 0 Å². The van der Waals surface area contributed by atoms with E-state index in [2.05, 4.69) is 40.5 Å². The highest BCUT2D eigenvalue weighted by atomic mass is 16.1. The summed E-state index contributed by atoms with van der Waals surface area (Å²) >= 11 is 0. The lowest BCUT2D eigenvalue weighted by Gasteiger charge is -2.06. The van der Waals surface area contributed by atoms with E-state index >= 15 is 0 Å².